The second-order valence-electron chi connectivity index (χ2n) is 8.30. The normalized spacial score (nSPS) is 17.5. The first kappa shape index (κ1) is 19.7. The number of piperazine rings is 1. The number of hydrogen-bond donors (Lipinski definition) is 0. The second-order valence-corrected chi connectivity index (χ2v) is 8.30. The van der Waals surface area contributed by atoms with E-state index in [0.717, 1.165) is 44.1 Å². The molecule has 1 aromatic carbocycles. The molecule has 0 radical (unpaired) electrons. The Kier molecular flexibility index (Phi) is 5.79. The van der Waals surface area contributed by atoms with Gasteiger partial charge in [0.1, 0.15) is 5.82 Å². The molecule has 0 saturated carbocycles. The van der Waals surface area contributed by atoms with Gasteiger partial charge in [-0.2, -0.15) is 0 Å². The number of aromatic nitrogens is 4. The highest BCUT2D eigenvalue weighted by Gasteiger charge is 2.34. The molecule has 0 aliphatic carbocycles. The third kappa shape index (κ3) is 4.13. The zero-order valence-corrected chi connectivity index (χ0v) is 17.1. The van der Waals surface area contributed by atoms with E-state index in [1.54, 1.807) is 0 Å². The fourth-order valence-electron chi connectivity index (χ4n) is 3.75. The zero-order chi connectivity index (χ0) is 19.6. The van der Waals surface area contributed by atoms with Crippen LogP contribution < -0.4 is 4.90 Å². The highest BCUT2D eigenvalue weighted by molar-refractivity contribution is 5.46. The Morgan fingerprint density at radius 1 is 1.07 bits per heavy atom. The molecule has 148 valence electrons. The molecule has 3 rings (SSSR count). The first-order chi connectivity index (χ1) is 12.8. The number of hydrogen-bond acceptors (Lipinski definition) is 5. The van der Waals surface area contributed by atoms with Gasteiger partial charge >= 0.3 is 0 Å². The average Bonchev–Trinajstić information content (AvgIpc) is 3.13. The van der Waals surface area contributed by atoms with E-state index in [1.807, 2.05) is 16.8 Å². The van der Waals surface area contributed by atoms with Crippen molar-refractivity contribution in [3.8, 4) is 0 Å². The van der Waals surface area contributed by atoms with E-state index in [9.17, 15) is 4.39 Å². The van der Waals surface area contributed by atoms with Crippen molar-refractivity contribution >= 4 is 5.69 Å². The summed E-state index contributed by atoms with van der Waals surface area (Å²) in [6, 6.07) is 6.95. The summed E-state index contributed by atoms with van der Waals surface area (Å²) in [4.78, 5) is 4.80. The molecule has 0 N–H and O–H groups in total. The molecule has 27 heavy (non-hydrogen) atoms. The van der Waals surface area contributed by atoms with Crippen molar-refractivity contribution in [2.24, 2.45) is 5.92 Å². The van der Waals surface area contributed by atoms with Crippen LogP contribution >= 0.6 is 0 Å². The zero-order valence-electron chi connectivity index (χ0n) is 17.1. The van der Waals surface area contributed by atoms with Crippen LogP contribution in [0.5, 0.6) is 0 Å². The molecule has 0 amide bonds. The number of nitrogens with zero attached hydrogens (tertiary/aromatic N) is 6. The molecular formula is C20H31FN6. The Morgan fingerprint density at radius 3 is 2.26 bits per heavy atom. The molecule has 1 fully saturated rings. The summed E-state index contributed by atoms with van der Waals surface area (Å²) in [6.07, 6.45) is 0.966. The van der Waals surface area contributed by atoms with Crippen LogP contribution in [0.3, 0.4) is 0 Å². The SMILES string of the molecule is CCC(C)(C)n1nnnc1[C@@H](C(C)C)N1CCN(c2ccc(F)cc2)CC1. The van der Waals surface area contributed by atoms with Crippen molar-refractivity contribution < 1.29 is 4.39 Å². The van der Waals surface area contributed by atoms with Crippen LogP contribution in [0.4, 0.5) is 10.1 Å². The van der Waals surface area contributed by atoms with E-state index in [2.05, 4.69) is 59.9 Å². The van der Waals surface area contributed by atoms with Gasteiger partial charge in [0, 0.05) is 31.9 Å². The number of rotatable bonds is 6. The largest absolute Gasteiger partial charge is 0.369 e. The number of tetrazole rings is 1. The van der Waals surface area contributed by atoms with Crippen LogP contribution in [0.15, 0.2) is 24.3 Å². The molecule has 1 aliphatic heterocycles. The van der Waals surface area contributed by atoms with Gasteiger partial charge in [-0.1, -0.05) is 20.8 Å². The monoisotopic (exact) mass is 374 g/mol. The highest BCUT2D eigenvalue weighted by Crippen LogP contribution is 2.31. The van der Waals surface area contributed by atoms with E-state index in [-0.39, 0.29) is 17.4 Å². The Labute approximate surface area is 161 Å². The van der Waals surface area contributed by atoms with Crippen LogP contribution in [-0.2, 0) is 5.54 Å². The van der Waals surface area contributed by atoms with Crippen LogP contribution in [0.25, 0.3) is 0 Å². The molecule has 0 bridgehead atoms. The lowest BCUT2D eigenvalue weighted by molar-refractivity contribution is 0.126. The standard InChI is InChI=1S/C20H31FN6/c1-6-20(4,5)27-19(22-23-24-27)18(15(2)3)26-13-11-25(12-14-26)17-9-7-16(21)8-10-17/h7-10,15,18H,6,11-14H2,1-5H3/t18-/m1/s1. The molecule has 2 heterocycles. The summed E-state index contributed by atoms with van der Waals surface area (Å²) in [5, 5.41) is 12.7. The van der Waals surface area contributed by atoms with Gasteiger partial charge in [-0.05, 0) is 60.9 Å². The molecule has 1 saturated heterocycles. The van der Waals surface area contributed by atoms with Crippen LogP contribution in [0.2, 0.25) is 0 Å². The molecule has 1 aliphatic rings. The predicted molar refractivity (Wildman–Crippen MR) is 105 cm³/mol. The maximum Gasteiger partial charge on any atom is 0.169 e. The Morgan fingerprint density at radius 2 is 1.70 bits per heavy atom. The van der Waals surface area contributed by atoms with Crippen LogP contribution in [0, 0.1) is 11.7 Å². The third-order valence-corrected chi connectivity index (χ3v) is 5.73. The van der Waals surface area contributed by atoms with Crippen LogP contribution in [0.1, 0.15) is 52.9 Å². The second kappa shape index (κ2) is 7.92. The van der Waals surface area contributed by atoms with E-state index in [0.29, 0.717) is 5.92 Å². The van der Waals surface area contributed by atoms with Gasteiger partial charge in [0.15, 0.2) is 5.82 Å². The highest BCUT2D eigenvalue weighted by atomic mass is 19.1. The topological polar surface area (TPSA) is 50.1 Å². The molecular weight excluding hydrogens is 343 g/mol. The van der Waals surface area contributed by atoms with Gasteiger partial charge in [0.05, 0.1) is 11.6 Å². The fraction of sp³-hybridized carbons (Fsp3) is 0.650. The van der Waals surface area contributed by atoms with Crippen molar-refractivity contribution in [3.05, 3.63) is 35.9 Å². The van der Waals surface area contributed by atoms with Gasteiger partial charge in [-0.3, -0.25) is 4.90 Å². The Bertz CT molecular complexity index is 731. The summed E-state index contributed by atoms with van der Waals surface area (Å²) in [6.45, 7) is 14.7. The van der Waals surface area contributed by atoms with Gasteiger partial charge in [0.25, 0.3) is 0 Å². The summed E-state index contributed by atoms with van der Waals surface area (Å²) in [5.74, 6) is 1.16. The predicted octanol–water partition coefficient (Wildman–Crippen LogP) is 3.48. The summed E-state index contributed by atoms with van der Waals surface area (Å²) >= 11 is 0. The van der Waals surface area contributed by atoms with Gasteiger partial charge in [-0.25, -0.2) is 9.07 Å². The average molecular weight is 375 g/mol. The lowest BCUT2D eigenvalue weighted by atomic mass is 9.97. The first-order valence-corrected chi connectivity index (χ1v) is 9.87. The smallest absolute Gasteiger partial charge is 0.169 e. The van der Waals surface area contributed by atoms with E-state index < -0.39 is 0 Å². The minimum atomic E-state index is -0.192. The maximum absolute atomic E-state index is 13.2. The van der Waals surface area contributed by atoms with E-state index in [1.165, 1.54) is 12.1 Å². The van der Waals surface area contributed by atoms with Crippen molar-refractivity contribution in [1.29, 1.82) is 0 Å². The fourth-order valence-corrected chi connectivity index (χ4v) is 3.75. The van der Waals surface area contributed by atoms with Crippen LogP contribution in [-0.4, -0.2) is 51.3 Å². The number of anilines is 1. The molecule has 1 atom stereocenters. The summed E-state index contributed by atoms with van der Waals surface area (Å²) < 4.78 is 15.2. The van der Waals surface area contributed by atoms with Crippen molar-refractivity contribution in [1.82, 2.24) is 25.1 Å². The maximum atomic E-state index is 13.2. The minimum Gasteiger partial charge on any atom is -0.369 e. The summed E-state index contributed by atoms with van der Waals surface area (Å²) in [7, 11) is 0. The van der Waals surface area contributed by atoms with E-state index in [4.69, 9.17) is 0 Å². The number of benzene rings is 1. The molecule has 2 aromatic rings. The quantitative estimate of drug-likeness (QED) is 0.775. The Hall–Kier alpha value is -2.02. The molecule has 6 nitrogen and oxygen atoms in total. The molecule has 7 heteroatoms. The first-order valence-electron chi connectivity index (χ1n) is 9.87. The van der Waals surface area contributed by atoms with E-state index >= 15 is 0 Å². The lowest BCUT2D eigenvalue weighted by Gasteiger charge is -2.41. The van der Waals surface area contributed by atoms with Gasteiger partial charge in [0.2, 0.25) is 0 Å². The lowest BCUT2D eigenvalue weighted by Crippen LogP contribution is -2.49. The summed E-state index contributed by atoms with van der Waals surface area (Å²) in [5.41, 5.74) is 0.969. The van der Waals surface area contributed by atoms with Gasteiger partial charge in [-0.15, -0.1) is 5.10 Å². The van der Waals surface area contributed by atoms with Crippen molar-refractivity contribution in [2.75, 3.05) is 31.1 Å². The third-order valence-electron chi connectivity index (χ3n) is 5.73. The van der Waals surface area contributed by atoms with Crippen molar-refractivity contribution in [2.45, 2.75) is 52.6 Å². The Balaban J connectivity index is 1.77. The molecule has 1 aromatic heterocycles. The number of halogens is 1. The molecule has 0 spiro atoms. The van der Waals surface area contributed by atoms with Crippen molar-refractivity contribution in [3.63, 3.8) is 0 Å². The van der Waals surface area contributed by atoms with Gasteiger partial charge < -0.3 is 4.90 Å². The molecule has 0 unspecified atom stereocenters. The minimum absolute atomic E-state index is 0.109.